The van der Waals surface area contributed by atoms with Gasteiger partial charge in [-0.15, -0.1) is 22.7 Å². The van der Waals surface area contributed by atoms with Crippen LogP contribution in [0.25, 0.3) is 10.2 Å². The third kappa shape index (κ3) is 2.33. The van der Waals surface area contributed by atoms with E-state index in [2.05, 4.69) is 39.5 Å². The molecule has 1 N–H and O–H groups in total. The van der Waals surface area contributed by atoms with E-state index in [0.717, 1.165) is 26.7 Å². The zero-order chi connectivity index (χ0) is 13.4. The molecular weight excluding hydrogens is 276 g/mol. The van der Waals surface area contributed by atoms with E-state index in [1.807, 2.05) is 6.92 Å². The summed E-state index contributed by atoms with van der Waals surface area (Å²) in [5.74, 6) is 0.900. The van der Waals surface area contributed by atoms with E-state index < -0.39 is 0 Å². The van der Waals surface area contributed by atoms with E-state index >= 15 is 0 Å². The maximum atomic E-state index is 4.45. The van der Waals surface area contributed by atoms with Crippen molar-refractivity contribution in [1.82, 2.24) is 15.0 Å². The van der Waals surface area contributed by atoms with Crippen molar-refractivity contribution < 1.29 is 0 Å². The first kappa shape index (κ1) is 12.5. The lowest BCUT2D eigenvalue weighted by atomic mass is 10.2. The Balaban J connectivity index is 1.92. The Morgan fingerprint density at radius 2 is 2.05 bits per heavy atom. The Morgan fingerprint density at radius 3 is 2.79 bits per heavy atom. The highest BCUT2D eigenvalue weighted by molar-refractivity contribution is 7.18. The fraction of sp³-hybridized carbons (Fsp3) is 0.308. The molecule has 98 valence electrons. The number of rotatable bonds is 3. The van der Waals surface area contributed by atoms with Gasteiger partial charge in [0.1, 0.15) is 17.0 Å². The molecule has 6 heteroatoms. The Hall–Kier alpha value is -1.53. The average Bonchev–Trinajstić information content (AvgIpc) is 2.93. The fourth-order valence-electron chi connectivity index (χ4n) is 1.98. The molecule has 0 spiro atoms. The maximum Gasteiger partial charge on any atom is 0.138 e. The van der Waals surface area contributed by atoms with E-state index in [9.17, 15) is 0 Å². The third-order valence-electron chi connectivity index (χ3n) is 3.07. The largest absolute Gasteiger partial charge is 0.364 e. The van der Waals surface area contributed by atoms with Gasteiger partial charge < -0.3 is 5.32 Å². The van der Waals surface area contributed by atoms with Crippen LogP contribution in [0.5, 0.6) is 0 Å². The van der Waals surface area contributed by atoms with Crippen LogP contribution in [0.3, 0.4) is 0 Å². The number of aromatic nitrogens is 3. The van der Waals surface area contributed by atoms with Crippen LogP contribution < -0.4 is 5.32 Å². The Morgan fingerprint density at radius 1 is 1.21 bits per heavy atom. The van der Waals surface area contributed by atoms with E-state index in [4.69, 9.17) is 0 Å². The summed E-state index contributed by atoms with van der Waals surface area (Å²) >= 11 is 3.38. The van der Waals surface area contributed by atoms with Gasteiger partial charge in [-0.25, -0.2) is 15.0 Å². The molecule has 0 unspecified atom stereocenters. The summed E-state index contributed by atoms with van der Waals surface area (Å²) in [6, 6.07) is 0. The van der Waals surface area contributed by atoms with Crippen molar-refractivity contribution in [3.8, 4) is 0 Å². The molecular formula is C13H14N4S2. The number of hydrogen-bond acceptors (Lipinski definition) is 6. The minimum Gasteiger partial charge on any atom is -0.364 e. The summed E-state index contributed by atoms with van der Waals surface area (Å²) in [6.07, 6.45) is 1.62. The molecule has 3 rings (SSSR count). The first-order chi connectivity index (χ1) is 9.15. The molecule has 0 radical (unpaired) electrons. The fourth-order valence-corrected chi connectivity index (χ4v) is 3.59. The van der Waals surface area contributed by atoms with Gasteiger partial charge in [-0.1, -0.05) is 0 Å². The number of aryl methyl sites for hydroxylation is 3. The van der Waals surface area contributed by atoms with Crippen molar-refractivity contribution in [1.29, 1.82) is 0 Å². The monoisotopic (exact) mass is 290 g/mol. The first-order valence-corrected chi connectivity index (χ1v) is 7.70. The third-order valence-corrected chi connectivity index (χ3v) is 5.01. The molecule has 0 amide bonds. The molecule has 0 aliphatic heterocycles. The summed E-state index contributed by atoms with van der Waals surface area (Å²) in [4.78, 5) is 15.5. The van der Waals surface area contributed by atoms with Gasteiger partial charge in [0.25, 0.3) is 0 Å². The van der Waals surface area contributed by atoms with E-state index in [1.54, 1.807) is 29.0 Å². The molecule has 0 atom stereocenters. The number of hydrogen-bond donors (Lipinski definition) is 1. The highest BCUT2D eigenvalue weighted by Gasteiger charge is 2.11. The lowest BCUT2D eigenvalue weighted by Gasteiger charge is -2.05. The zero-order valence-electron chi connectivity index (χ0n) is 11.0. The summed E-state index contributed by atoms with van der Waals surface area (Å²) in [7, 11) is 0. The summed E-state index contributed by atoms with van der Waals surface area (Å²) in [5.41, 5.74) is 2.32. The van der Waals surface area contributed by atoms with Crippen LogP contribution in [0.15, 0.2) is 11.7 Å². The normalized spacial score (nSPS) is 11.1. The molecule has 3 heterocycles. The highest BCUT2D eigenvalue weighted by Crippen LogP contribution is 2.32. The Kier molecular flexibility index (Phi) is 3.20. The lowest BCUT2D eigenvalue weighted by Crippen LogP contribution is -2.02. The van der Waals surface area contributed by atoms with Gasteiger partial charge >= 0.3 is 0 Å². The van der Waals surface area contributed by atoms with Crippen molar-refractivity contribution in [2.24, 2.45) is 0 Å². The number of fused-ring (bicyclic) bond motifs is 1. The second kappa shape index (κ2) is 4.86. The molecule has 0 saturated heterocycles. The van der Waals surface area contributed by atoms with Crippen molar-refractivity contribution in [2.45, 2.75) is 27.3 Å². The smallest absolute Gasteiger partial charge is 0.138 e. The number of nitrogens with zero attached hydrogens (tertiary/aromatic N) is 3. The van der Waals surface area contributed by atoms with Gasteiger partial charge in [-0.3, -0.25) is 0 Å². The van der Waals surface area contributed by atoms with Crippen LogP contribution in [0.4, 0.5) is 5.82 Å². The van der Waals surface area contributed by atoms with Gasteiger partial charge in [-0.05, 0) is 26.3 Å². The van der Waals surface area contributed by atoms with Gasteiger partial charge in [-0.2, -0.15) is 0 Å². The molecule has 0 fully saturated rings. The van der Waals surface area contributed by atoms with Crippen molar-refractivity contribution in [2.75, 3.05) is 5.32 Å². The van der Waals surface area contributed by atoms with Crippen LogP contribution in [-0.4, -0.2) is 15.0 Å². The second-order valence-corrected chi connectivity index (χ2v) is 6.66. The van der Waals surface area contributed by atoms with Gasteiger partial charge in [0.05, 0.1) is 22.6 Å². The molecule has 19 heavy (non-hydrogen) atoms. The van der Waals surface area contributed by atoms with Gasteiger partial charge in [0.15, 0.2) is 0 Å². The molecule has 3 aromatic rings. The van der Waals surface area contributed by atoms with E-state index in [-0.39, 0.29) is 0 Å². The predicted octanol–water partition coefficient (Wildman–Crippen LogP) is 3.69. The number of nitrogens with one attached hydrogen (secondary N) is 1. The van der Waals surface area contributed by atoms with Gasteiger partial charge in [0, 0.05) is 10.3 Å². The summed E-state index contributed by atoms with van der Waals surface area (Å²) in [6.45, 7) is 6.96. The Bertz CT molecular complexity index is 729. The quantitative estimate of drug-likeness (QED) is 0.799. The predicted molar refractivity (Wildman–Crippen MR) is 81.1 cm³/mol. The number of anilines is 1. The van der Waals surface area contributed by atoms with Crippen LogP contribution in [0.1, 0.15) is 21.1 Å². The second-order valence-electron chi connectivity index (χ2n) is 4.40. The number of thiophene rings is 1. The molecule has 3 aromatic heterocycles. The van der Waals surface area contributed by atoms with Crippen molar-refractivity contribution >= 4 is 38.7 Å². The SMILES string of the molecule is Cc1nc(CNc2ncnc3sc(C)c(C)c23)cs1. The first-order valence-electron chi connectivity index (χ1n) is 6.00. The molecule has 0 aromatic carbocycles. The van der Waals surface area contributed by atoms with Crippen LogP contribution in [0.2, 0.25) is 0 Å². The topological polar surface area (TPSA) is 50.7 Å². The maximum absolute atomic E-state index is 4.45. The van der Waals surface area contributed by atoms with Crippen molar-refractivity contribution in [3.63, 3.8) is 0 Å². The summed E-state index contributed by atoms with van der Waals surface area (Å²) < 4.78 is 0. The van der Waals surface area contributed by atoms with E-state index in [0.29, 0.717) is 6.54 Å². The summed E-state index contributed by atoms with van der Waals surface area (Å²) in [5, 5.41) is 7.67. The minimum absolute atomic E-state index is 0.699. The van der Waals surface area contributed by atoms with Crippen LogP contribution >= 0.6 is 22.7 Å². The number of thiazole rings is 1. The van der Waals surface area contributed by atoms with E-state index in [1.165, 1.54) is 10.4 Å². The molecule has 0 bridgehead atoms. The molecule has 0 aliphatic rings. The van der Waals surface area contributed by atoms with Crippen molar-refractivity contribution in [3.05, 3.63) is 32.8 Å². The Labute approximate surface area is 119 Å². The lowest BCUT2D eigenvalue weighted by molar-refractivity contribution is 1.04. The minimum atomic E-state index is 0.699. The van der Waals surface area contributed by atoms with Gasteiger partial charge in [0.2, 0.25) is 0 Å². The van der Waals surface area contributed by atoms with Crippen LogP contribution in [0, 0.1) is 20.8 Å². The average molecular weight is 290 g/mol. The molecule has 4 nitrogen and oxygen atoms in total. The standard InChI is InChI=1S/C13H14N4S2/c1-7-8(2)19-13-11(7)12(15-6-16-13)14-4-10-5-18-9(3)17-10/h5-6H,4H2,1-3H3,(H,14,15,16). The highest BCUT2D eigenvalue weighted by atomic mass is 32.1. The zero-order valence-corrected chi connectivity index (χ0v) is 12.7. The van der Waals surface area contributed by atoms with Crippen LogP contribution in [-0.2, 0) is 6.54 Å². The molecule has 0 saturated carbocycles. The molecule has 0 aliphatic carbocycles.